The first kappa shape index (κ1) is 16.7. The third kappa shape index (κ3) is 3.22. The number of aromatic nitrogens is 2. The first-order chi connectivity index (χ1) is 12.2. The van der Waals surface area contributed by atoms with Crippen LogP contribution in [0.2, 0.25) is 0 Å². The number of nitrogens with two attached hydrogens (primary N) is 1. The van der Waals surface area contributed by atoms with Crippen LogP contribution in [0.5, 0.6) is 5.88 Å². The van der Waals surface area contributed by atoms with Gasteiger partial charge in [-0.25, -0.2) is 15.8 Å². The molecule has 2 aromatic heterocycles. The van der Waals surface area contributed by atoms with Crippen LogP contribution in [-0.2, 0) is 11.2 Å². The van der Waals surface area contributed by atoms with Crippen LogP contribution in [-0.4, -0.2) is 22.0 Å². The molecule has 134 valence electrons. The first-order valence-electron chi connectivity index (χ1n) is 9.08. The molecule has 1 atom stereocenters. The second-order valence-corrected chi connectivity index (χ2v) is 8.39. The zero-order valence-corrected chi connectivity index (χ0v) is 15.3. The number of nitrogens with zero attached hydrogens (tertiary/aromatic N) is 2. The molecule has 6 nitrogen and oxygen atoms in total. The van der Waals surface area contributed by atoms with Gasteiger partial charge in [-0.15, -0.1) is 11.3 Å². The molecule has 2 heterocycles. The molecular weight excluding hydrogens is 336 g/mol. The monoisotopic (exact) mass is 360 g/mol. The summed E-state index contributed by atoms with van der Waals surface area (Å²) in [5.41, 5.74) is 3.46. The van der Waals surface area contributed by atoms with Gasteiger partial charge in [0, 0.05) is 11.3 Å². The van der Waals surface area contributed by atoms with Gasteiger partial charge in [-0.3, -0.25) is 10.2 Å². The summed E-state index contributed by atoms with van der Waals surface area (Å²) in [5, 5.41) is 1.02. The summed E-state index contributed by atoms with van der Waals surface area (Å²) in [6.07, 6.45) is 8.77. The third-order valence-electron chi connectivity index (χ3n) is 5.53. The lowest BCUT2D eigenvalue weighted by atomic mass is 9.89. The lowest BCUT2D eigenvalue weighted by Crippen LogP contribution is -2.30. The third-order valence-corrected chi connectivity index (χ3v) is 6.70. The number of amides is 1. The highest BCUT2D eigenvalue weighted by Gasteiger charge is 2.32. The van der Waals surface area contributed by atoms with Crippen LogP contribution in [0.15, 0.2) is 6.33 Å². The number of aryl methyl sites for hydroxylation is 1. The van der Waals surface area contributed by atoms with Gasteiger partial charge in [0.2, 0.25) is 11.8 Å². The van der Waals surface area contributed by atoms with Crippen LogP contribution >= 0.6 is 11.3 Å². The van der Waals surface area contributed by atoms with Gasteiger partial charge in [-0.1, -0.05) is 6.92 Å². The van der Waals surface area contributed by atoms with Gasteiger partial charge in [-0.2, -0.15) is 0 Å². The minimum absolute atomic E-state index is 0.127. The number of hydrogen-bond acceptors (Lipinski definition) is 6. The van der Waals surface area contributed by atoms with Crippen molar-refractivity contribution in [3.8, 4) is 5.88 Å². The topological polar surface area (TPSA) is 90.1 Å². The summed E-state index contributed by atoms with van der Waals surface area (Å²) in [6, 6.07) is 0. The molecule has 0 aliphatic heterocycles. The molecule has 4 rings (SSSR count). The number of hydrogen-bond donors (Lipinski definition) is 2. The normalized spacial score (nSPS) is 25.8. The fourth-order valence-electron chi connectivity index (χ4n) is 4.12. The van der Waals surface area contributed by atoms with Gasteiger partial charge in [0.1, 0.15) is 17.3 Å². The van der Waals surface area contributed by atoms with Crippen molar-refractivity contribution >= 4 is 27.5 Å². The molecule has 2 aromatic rings. The number of ether oxygens (including phenoxy) is 1. The van der Waals surface area contributed by atoms with E-state index in [4.69, 9.17) is 10.6 Å². The molecule has 0 saturated heterocycles. The molecule has 2 aliphatic rings. The Hall–Kier alpha value is -1.73. The molecule has 0 spiro atoms. The van der Waals surface area contributed by atoms with E-state index in [-0.39, 0.29) is 17.9 Å². The van der Waals surface area contributed by atoms with Crippen LogP contribution < -0.4 is 16.0 Å². The van der Waals surface area contributed by atoms with Crippen molar-refractivity contribution in [1.29, 1.82) is 0 Å². The van der Waals surface area contributed by atoms with E-state index >= 15 is 0 Å². The van der Waals surface area contributed by atoms with Crippen LogP contribution in [0, 0.1) is 5.92 Å². The van der Waals surface area contributed by atoms with Crippen molar-refractivity contribution in [2.45, 2.75) is 63.9 Å². The Labute approximate surface area is 151 Å². The van der Waals surface area contributed by atoms with Crippen molar-refractivity contribution in [2.24, 2.45) is 11.8 Å². The van der Waals surface area contributed by atoms with E-state index in [0.717, 1.165) is 41.8 Å². The molecule has 1 saturated carbocycles. The molecule has 25 heavy (non-hydrogen) atoms. The van der Waals surface area contributed by atoms with Gasteiger partial charge < -0.3 is 4.74 Å². The average Bonchev–Trinajstić information content (AvgIpc) is 3.17. The second-order valence-electron chi connectivity index (χ2n) is 7.30. The van der Waals surface area contributed by atoms with Crippen molar-refractivity contribution in [3.05, 3.63) is 16.8 Å². The maximum absolute atomic E-state index is 11.8. The van der Waals surface area contributed by atoms with Gasteiger partial charge in [0.05, 0.1) is 5.39 Å². The average molecular weight is 360 g/mol. The maximum Gasteiger partial charge on any atom is 0.234 e. The number of rotatable bonds is 4. The molecule has 1 amide bonds. The lowest BCUT2D eigenvalue weighted by molar-refractivity contribution is -0.121. The maximum atomic E-state index is 11.8. The molecule has 3 N–H and O–H groups in total. The van der Waals surface area contributed by atoms with Gasteiger partial charge in [-0.05, 0) is 55.9 Å². The Morgan fingerprint density at radius 3 is 2.88 bits per heavy atom. The number of thiophene rings is 1. The van der Waals surface area contributed by atoms with E-state index in [2.05, 4.69) is 22.3 Å². The Balaban J connectivity index is 1.65. The quantitative estimate of drug-likeness (QED) is 0.497. The molecule has 2 aliphatic carbocycles. The zero-order chi connectivity index (χ0) is 17.4. The number of hydrazine groups is 1. The Bertz CT molecular complexity index is 783. The number of carbonyl (C=O) groups is 1. The number of nitrogens with one attached hydrogen (secondary N) is 1. The molecule has 0 radical (unpaired) electrons. The van der Waals surface area contributed by atoms with E-state index in [1.165, 1.54) is 23.3 Å². The smallest absolute Gasteiger partial charge is 0.234 e. The van der Waals surface area contributed by atoms with E-state index in [1.807, 2.05) is 0 Å². The molecule has 0 bridgehead atoms. The predicted octanol–water partition coefficient (Wildman–Crippen LogP) is 3.06. The molecule has 0 unspecified atom stereocenters. The second kappa shape index (κ2) is 6.88. The van der Waals surface area contributed by atoms with E-state index in [9.17, 15) is 4.79 Å². The molecular formula is C18H24N4O2S. The predicted molar refractivity (Wildman–Crippen MR) is 97.5 cm³/mol. The first-order valence-corrected chi connectivity index (χ1v) is 9.89. The Kier molecular flexibility index (Phi) is 4.60. The molecule has 7 heteroatoms. The van der Waals surface area contributed by atoms with Crippen LogP contribution in [0.3, 0.4) is 0 Å². The van der Waals surface area contributed by atoms with Gasteiger partial charge >= 0.3 is 0 Å². The molecule has 1 fully saturated rings. The van der Waals surface area contributed by atoms with Crippen molar-refractivity contribution in [2.75, 3.05) is 0 Å². The zero-order valence-electron chi connectivity index (χ0n) is 14.5. The van der Waals surface area contributed by atoms with E-state index < -0.39 is 0 Å². The summed E-state index contributed by atoms with van der Waals surface area (Å²) in [4.78, 5) is 23.0. The minimum atomic E-state index is -0.127. The minimum Gasteiger partial charge on any atom is -0.474 e. The SMILES string of the molecule is CC1CCC(Oc2ncnc3sc4c(c23)[C@@H](CC(=O)NN)CC4)CC1. The molecule has 0 aromatic carbocycles. The van der Waals surface area contributed by atoms with Crippen LogP contribution in [0.1, 0.15) is 61.8 Å². The highest BCUT2D eigenvalue weighted by atomic mass is 32.1. The lowest BCUT2D eigenvalue weighted by Gasteiger charge is -2.26. The number of carbonyl (C=O) groups excluding carboxylic acids is 1. The highest BCUT2D eigenvalue weighted by Crippen LogP contribution is 2.47. The summed E-state index contributed by atoms with van der Waals surface area (Å²) in [5.74, 6) is 6.81. The summed E-state index contributed by atoms with van der Waals surface area (Å²) in [7, 11) is 0. The van der Waals surface area contributed by atoms with Crippen LogP contribution in [0.4, 0.5) is 0 Å². The number of fused-ring (bicyclic) bond motifs is 3. The van der Waals surface area contributed by atoms with Crippen molar-refractivity contribution in [3.63, 3.8) is 0 Å². The summed E-state index contributed by atoms with van der Waals surface area (Å²) >= 11 is 1.71. The summed E-state index contributed by atoms with van der Waals surface area (Å²) in [6.45, 7) is 2.30. The van der Waals surface area contributed by atoms with E-state index in [0.29, 0.717) is 12.3 Å². The highest BCUT2D eigenvalue weighted by molar-refractivity contribution is 7.19. The fraction of sp³-hybridized carbons (Fsp3) is 0.611. The van der Waals surface area contributed by atoms with Gasteiger partial charge in [0.15, 0.2) is 0 Å². The van der Waals surface area contributed by atoms with Crippen LogP contribution in [0.25, 0.3) is 10.2 Å². The Morgan fingerprint density at radius 1 is 1.32 bits per heavy atom. The van der Waals surface area contributed by atoms with Crippen molar-refractivity contribution in [1.82, 2.24) is 15.4 Å². The largest absolute Gasteiger partial charge is 0.474 e. The van der Waals surface area contributed by atoms with E-state index in [1.54, 1.807) is 17.7 Å². The summed E-state index contributed by atoms with van der Waals surface area (Å²) < 4.78 is 6.31. The Morgan fingerprint density at radius 2 is 2.12 bits per heavy atom. The van der Waals surface area contributed by atoms with Gasteiger partial charge in [0.25, 0.3) is 0 Å². The van der Waals surface area contributed by atoms with Crippen molar-refractivity contribution < 1.29 is 9.53 Å². The fourth-order valence-corrected chi connectivity index (χ4v) is 5.35. The standard InChI is InChI=1S/C18H24N4O2S/c1-10-2-5-12(6-3-10)24-17-16-15-11(8-14(23)22-19)4-7-13(15)25-18(16)21-9-20-17/h9-12H,2-8,19H2,1H3,(H,22,23)/t10?,11-,12?/m1/s1.